The van der Waals surface area contributed by atoms with Gasteiger partial charge in [0.1, 0.15) is 6.04 Å². The van der Waals surface area contributed by atoms with Crippen molar-refractivity contribution in [1.82, 2.24) is 5.32 Å². The van der Waals surface area contributed by atoms with Crippen LogP contribution in [-0.4, -0.2) is 37.2 Å². The summed E-state index contributed by atoms with van der Waals surface area (Å²) in [5, 5.41) is 11.1. The van der Waals surface area contributed by atoms with E-state index >= 15 is 0 Å². The van der Waals surface area contributed by atoms with E-state index in [0.717, 1.165) is 18.1 Å². The summed E-state index contributed by atoms with van der Waals surface area (Å²) in [5.41, 5.74) is 2.63. The lowest BCUT2D eigenvalue weighted by Gasteiger charge is -2.14. The SMILES string of the molecule is CC(=O)N[C@@H](CS(=O)(=O)Cc1ccc(C)c(C)c1)C(=O)O. The fourth-order valence-corrected chi connectivity index (χ4v) is 3.42. The number of carboxylic acid groups (broad SMARTS) is 1. The Labute approximate surface area is 124 Å². The molecule has 1 aromatic rings. The molecule has 6 nitrogen and oxygen atoms in total. The molecular weight excluding hydrogens is 294 g/mol. The number of sulfone groups is 1. The van der Waals surface area contributed by atoms with Crippen molar-refractivity contribution >= 4 is 21.7 Å². The number of hydrogen-bond donors (Lipinski definition) is 2. The fraction of sp³-hybridized carbons (Fsp3) is 0.429. The Balaban J connectivity index is 2.87. The molecule has 1 atom stereocenters. The minimum Gasteiger partial charge on any atom is -0.480 e. The average Bonchev–Trinajstić information content (AvgIpc) is 2.31. The van der Waals surface area contributed by atoms with Gasteiger partial charge in [-0.1, -0.05) is 18.2 Å². The smallest absolute Gasteiger partial charge is 0.327 e. The van der Waals surface area contributed by atoms with Crippen molar-refractivity contribution < 1.29 is 23.1 Å². The Morgan fingerprint density at radius 2 is 1.86 bits per heavy atom. The fourth-order valence-electron chi connectivity index (χ4n) is 1.88. The molecule has 21 heavy (non-hydrogen) atoms. The number of hydrogen-bond acceptors (Lipinski definition) is 4. The highest BCUT2D eigenvalue weighted by molar-refractivity contribution is 7.90. The molecule has 1 aromatic carbocycles. The molecular formula is C14H19NO5S. The van der Waals surface area contributed by atoms with Gasteiger partial charge in [-0.05, 0) is 30.5 Å². The zero-order valence-electron chi connectivity index (χ0n) is 12.2. The van der Waals surface area contributed by atoms with Gasteiger partial charge in [-0.3, -0.25) is 4.79 Å². The third-order valence-electron chi connectivity index (χ3n) is 3.05. The van der Waals surface area contributed by atoms with Crippen LogP contribution in [0.2, 0.25) is 0 Å². The van der Waals surface area contributed by atoms with Crippen LogP contribution in [0, 0.1) is 13.8 Å². The minimum atomic E-state index is -3.65. The molecule has 0 heterocycles. The van der Waals surface area contributed by atoms with Crippen molar-refractivity contribution in [1.29, 1.82) is 0 Å². The standard InChI is InChI=1S/C14H19NO5S/c1-9-4-5-12(6-10(9)2)7-21(19,20)8-13(14(17)18)15-11(3)16/h4-6,13H,7-8H2,1-3H3,(H,15,16)(H,17,18)/t13-/m0/s1. The number of aryl methyl sites for hydroxylation is 2. The van der Waals surface area contributed by atoms with Crippen molar-refractivity contribution in [2.75, 3.05) is 5.75 Å². The highest BCUT2D eigenvalue weighted by Crippen LogP contribution is 2.13. The Morgan fingerprint density at radius 1 is 1.24 bits per heavy atom. The number of nitrogens with one attached hydrogen (secondary N) is 1. The van der Waals surface area contributed by atoms with E-state index in [9.17, 15) is 18.0 Å². The summed E-state index contributed by atoms with van der Waals surface area (Å²) in [6.07, 6.45) is 0. The minimum absolute atomic E-state index is 0.252. The lowest BCUT2D eigenvalue weighted by Crippen LogP contribution is -2.44. The second-order valence-corrected chi connectivity index (χ2v) is 7.17. The first-order valence-corrected chi connectivity index (χ1v) is 8.19. The summed E-state index contributed by atoms with van der Waals surface area (Å²) < 4.78 is 24.2. The molecule has 0 radical (unpaired) electrons. The molecule has 7 heteroatoms. The van der Waals surface area contributed by atoms with Gasteiger partial charge in [0.15, 0.2) is 9.84 Å². The first-order chi connectivity index (χ1) is 9.60. The molecule has 0 fully saturated rings. The topological polar surface area (TPSA) is 101 Å². The number of aliphatic carboxylic acids is 1. The predicted octanol–water partition coefficient (Wildman–Crippen LogP) is 0.808. The molecule has 2 N–H and O–H groups in total. The zero-order chi connectivity index (χ0) is 16.2. The van der Waals surface area contributed by atoms with Crippen molar-refractivity contribution in [2.24, 2.45) is 0 Å². The summed E-state index contributed by atoms with van der Waals surface area (Å²) >= 11 is 0. The van der Waals surface area contributed by atoms with E-state index < -0.39 is 33.5 Å². The first kappa shape index (κ1) is 17.2. The molecule has 0 aromatic heterocycles. The van der Waals surface area contributed by atoms with E-state index in [1.54, 1.807) is 12.1 Å². The van der Waals surface area contributed by atoms with E-state index in [1.165, 1.54) is 0 Å². The Bertz CT molecular complexity index is 651. The molecule has 116 valence electrons. The molecule has 1 amide bonds. The summed E-state index contributed by atoms with van der Waals surface area (Å²) in [6, 6.07) is 3.86. The van der Waals surface area contributed by atoms with Gasteiger partial charge in [0.2, 0.25) is 5.91 Å². The van der Waals surface area contributed by atoms with Crippen molar-refractivity contribution in [3.05, 3.63) is 34.9 Å². The number of rotatable bonds is 6. The maximum atomic E-state index is 12.1. The lowest BCUT2D eigenvalue weighted by atomic mass is 10.1. The third-order valence-corrected chi connectivity index (χ3v) is 4.67. The average molecular weight is 313 g/mol. The maximum absolute atomic E-state index is 12.1. The molecule has 0 aliphatic rings. The molecule has 0 unspecified atom stereocenters. The number of carbonyl (C=O) groups excluding carboxylic acids is 1. The van der Waals surface area contributed by atoms with Crippen LogP contribution in [0.1, 0.15) is 23.6 Å². The van der Waals surface area contributed by atoms with Gasteiger partial charge in [-0.25, -0.2) is 13.2 Å². The predicted molar refractivity (Wildman–Crippen MR) is 78.6 cm³/mol. The van der Waals surface area contributed by atoms with Crippen molar-refractivity contribution in [3.8, 4) is 0 Å². The van der Waals surface area contributed by atoms with Gasteiger partial charge in [-0.2, -0.15) is 0 Å². The van der Waals surface area contributed by atoms with Crippen LogP contribution in [-0.2, 0) is 25.2 Å². The first-order valence-electron chi connectivity index (χ1n) is 6.37. The second-order valence-electron chi connectivity index (χ2n) is 5.06. The van der Waals surface area contributed by atoms with Crippen LogP contribution in [0.3, 0.4) is 0 Å². The molecule has 0 bridgehead atoms. The summed E-state index contributed by atoms with van der Waals surface area (Å²) in [6.45, 7) is 4.94. The van der Waals surface area contributed by atoms with E-state index in [4.69, 9.17) is 5.11 Å². The second kappa shape index (κ2) is 6.71. The molecule has 1 rings (SSSR count). The molecule has 0 spiro atoms. The van der Waals surface area contributed by atoms with Gasteiger partial charge in [-0.15, -0.1) is 0 Å². The van der Waals surface area contributed by atoms with E-state index in [2.05, 4.69) is 5.32 Å². The van der Waals surface area contributed by atoms with Gasteiger partial charge in [0.25, 0.3) is 0 Å². The monoisotopic (exact) mass is 313 g/mol. The number of carbonyl (C=O) groups is 2. The van der Waals surface area contributed by atoms with Crippen molar-refractivity contribution in [3.63, 3.8) is 0 Å². The van der Waals surface area contributed by atoms with Gasteiger partial charge >= 0.3 is 5.97 Å². The normalized spacial score (nSPS) is 12.7. The lowest BCUT2D eigenvalue weighted by molar-refractivity contribution is -0.140. The number of carboxylic acids is 1. The number of amides is 1. The van der Waals surface area contributed by atoms with E-state index in [1.807, 2.05) is 19.9 Å². The van der Waals surface area contributed by atoms with Gasteiger partial charge in [0, 0.05) is 6.92 Å². The summed E-state index contributed by atoms with van der Waals surface area (Å²) in [7, 11) is -3.65. The summed E-state index contributed by atoms with van der Waals surface area (Å²) in [4.78, 5) is 21.9. The molecule has 0 saturated heterocycles. The van der Waals surface area contributed by atoms with Crippen LogP contribution in [0.5, 0.6) is 0 Å². The highest BCUT2D eigenvalue weighted by atomic mass is 32.2. The summed E-state index contributed by atoms with van der Waals surface area (Å²) in [5.74, 6) is -2.83. The van der Waals surface area contributed by atoms with Gasteiger partial charge < -0.3 is 10.4 Å². The van der Waals surface area contributed by atoms with Crippen molar-refractivity contribution in [2.45, 2.75) is 32.6 Å². The van der Waals surface area contributed by atoms with E-state index in [0.29, 0.717) is 5.56 Å². The molecule has 0 aliphatic carbocycles. The quantitative estimate of drug-likeness (QED) is 0.809. The molecule has 0 aliphatic heterocycles. The zero-order valence-corrected chi connectivity index (χ0v) is 13.0. The number of benzene rings is 1. The largest absolute Gasteiger partial charge is 0.480 e. The van der Waals surface area contributed by atoms with Crippen LogP contribution < -0.4 is 5.32 Å². The Morgan fingerprint density at radius 3 is 2.33 bits per heavy atom. The molecule has 0 saturated carbocycles. The van der Waals surface area contributed by atoms with Crippen LogP contribution in [0.25, 0.3) is 0 Å². The Kier molecular flexibility index (Phi) is 5.48. The van der Waals surface area contributed by atoms with E-state index in [-0.39, 0.29) is 5.75 Å². The maximum Gasteiger partial charge on any atom is 0.327 e. The highest BCUT2D eigenvalue weighted by Gasteiger charge is 2.26. The third kappa shape index (κ3) is 5.55. The van der Waals surface area contributed by atoms with Crippen LogP contribution in [0.15, 0.2) is 18.2 Å². The van der Waals surface area contributed by atoms with Gasteiger partial charge in [0.05, 0.1) is 11.5 Å². The Hall–Kier alpha value is -1.89. The van der Waals surface area contributed by atoms with Crippen LogP contribution >= 0.6 is 0 Å². The van der Waals surface area contributed by atoms with Crippen LogP contribution in [0.4, 0.5) is 0 Å².